The van der Waals surface area contributed by atoms with Crippen molar-refractivity contribution in [3.05, 3.63) is 23.8 Å². The highest BCUT2D eigenvalue weighted by Crippen LogP contribution is 2.21. The molecule has 1 atom stereocenters. The van der Waals surface area contributed by atoms with Crippen LogP contribution in [0.25, 0.3) is 0 Å². The van der Waals surface area contributed by atoms with Crippen LogP contribution in [0.15, 0.2) is 18.2 Å². The minimum Gasteiger partial charge on any atom is -0.399 e. The van der Waals surface area contributed by atoms with Gasteiger partial charge >= 0.3 is 0 Å². The van der Waals surface area contributed by atoms with Crippen LogP contribution in [0.5, 0.6) is 0 Å². The van der Waals surface area contributed by atoms with Crippen molar-refractivity contribution in [1.82, 2.24) is 0 Å². The first kappa shape index (κ1) is 12.2. The number of hydrogen-bond donors (Lipinski definition) is 1. The molecule has 0 spiro atoms. The Labute approximate surface area is 96.8 Å². The topological polar surface area (TPSA) is 29.3 Å². The number of nitrogens with two attached hydrogens (primary N) is 1. The second-order valence-corrected chi connectivity index (χ2v) is 4.93. The van der Waals surface area contributed by atoms with Crippen molar-refractivity contribution in [1.29, 1.82) is 0 Å². The molecule has 0 aliphatic rings. The van der Waals surface area contributed by atoms with E-state index in [2.05, 4.69) is 38.1 Å². The van der Waals surface area contributed by atoms with Crippen molar-refractivity contribution < 1.29 is 0 Å². The maximum atomic E-state index is 5.84. The molecule has 0 fully saturated rings. The molecule has 1 unspecified atom stereocenters. The lowest BCUT2D eigenvalue weighted by Gasteiger charge is -2.27. The SMILES string of the molecule is CSCC(C)N(C)c1cc(C)cc(N)c1. The monoisotopic (exact) mass is 224 g/mol. The van der Waals surface area contributed by atoms with Crippen LogP contribution in [0.3, 0.4) is 0 Å². The maximum Gasteiger partial charge on any atom is 0.0389 e. The van der Waals surface area contributed by atoms with Crippen molar-refractivity contribution in [3.8, 4) is 0 Å². The fourth-order valence-electron chi connectivity index (χ4n) is 1.60. The third-order valence-corrected chi connectivity index (χ3v) is 3.38. The van der Waals surface area contributed by atoms with Gasteiger partial charge in [-0.1, -0.05) is 0 Å². The molecule has 0 radical (unpaired) electrons. The molecule has 0 aliphatic heterocycles. The van der Waals surface area contributed by atoms with Gasteiger partial charge in [0.05, 0.1) is 0 Å². The van der Waals surface area contributed by atoms with E-state index in [1.165, 1.54) is 11.3 Å². The molecule has 0 heterocycles. The van der Waals surface area contributed by atoms with Gasteiger partial charge in [0.2, 0.25) is 0 Å². The molecule has 0 amide bonds. The number of benzene rings is 1. The average Bonchev–Trinajstić information content (AvgIpc) is 2.15. The molecular formula is C12H20N2S. The second kappa shape index (κ2) is 5.31. The Morgan fingerprint density at radius 2 is 2.07 bits per heavy atom. The quantitative estimate of drug-likeness (QED) is 0.797. The lowest BCUT2D eigenvalue weighted by atomic mass is 10.1. The third kappa shape index (κ3) is 3.34. The predicted molar refractivity (Wildman–Crippen MR) is 71.8 cm³/mol. The largest absolute Gasteiger partial charge is 0.399 e. The van der Waals surface area contributed by atoms with Gasteiger partial charge in [-0.3, -0.25) is 0 Å². The molecule has 0 aliphatic carbocycles. The minimum atomic E-state index is 0.529. The Kier molecular flexibility index (Phi) is 4.33. The Morgan fingerprint density at radius 3 is 2.60 bits per heavy atom. The molecular weight excluding hydrogens is 204 g/mol. The van der Waals surface area contributed by atoms with Gasteiger partial charge in [-0.25, -0.2) is 0 Å². The summed E-state index contributed by atoms with van der Waals surface area (Å²) >= 11 is 1.87. The zero-order valence-corrected chi connectivity index (χ0v) is 10.8. The summed E-state index contributed by atoms with van der Waals surface area (Å²) in [6.45, 7) is 4.31. The highest BCUT2D eigenvalue weighted by molar-refractivity contribution is 7.98. The van der Waals surface area contributed by atoms with Crippen LogP contribution < -0.4 is 10.6 Å². The minimum absolute atomic E-state index is 0.529. The smallest absolute Gasteiger partial charge is 0.0389 e. The number of hydrogen-bond acceptors (Lipinski definition) is 3. The molecule has 3 heteroatoms. The fraction of sp³-hybridized carbons (Fsp3) is 0.500. The molecule has 15 heavy (non-hydrogen) atoms. The molecule has 2 nitrogen and oxygen atoms in total. The molecule has 0 saturated carbocycles. The van der Waals surface area contributed by atoms with E-state index in [0.29, 0.717) is 6.04 Å². The Bertz CT molecular complexity index is 305. The van der Waals surface area contributed by atoms with Gasteiger partial charge < -0.3 is 10.6 Å². The standard InChI is InChI=1S/C12H20N2S/c1-9-5-11(13)7-12(6-9)14(3)10(2)8-15-4/h5-7,10H,8,13H2,1-4H3. The Hall–Kier alpha value is -0.830. The zero-order valence-electron chi connectivity index (χ0n) is 9.95. The van der Waals surface area contributed by atoms with Crippen molar-refractivity contribution in [2.45, 2.75) is 19.9 Å². The summed E-state index contributed by atoms with van der Waals surface area (Å²) < 4.78 is 0. The van der Waals surface area contributed by atoms with E-state index in [1.54, 1.807) is 0 Å². The molecule has 0 aromatic heterocycles. The van der Waals surface area contributed by atoms with Gasteiger partial charge in [-0.15, -0.1) is 0 Å². The van der Waals surface area contributed by atoms with Crippen LogP contribution in [0.1, 0.15) is 12.5 Å². The van der Waals surface area contributed by atoms with Crippen LogP contribution >= 0.6 is 11.8 Å². The summed E-state index contributed by atoms with van der Waals surface area (Å²) in [4.78, 5) is 2.28. The highest BCUT2D eigenvalue weighted by atomic mass is 32.2. The first-order valence-electron chi connectivity index (χ1n) is 5.13. The van der Waals surface area contributed by atoms with Gasteiger partial charge in [0.25, 0.3) is 0 Å². The zero-order chi connectivity index (χ0) is 11.4. The Morgan fingerprint density at radius 1 is 1.40 bits per heavy atom. The van der Waals surface area contributed by atoms with E-state index < -0.39 is 0 Å². The van der Waals surface area contributed by atoms with E-state index >= 15 is 0 Å². The van der Waals surface area contributed by atoms with Gasteiger partial charge in [0.1, 0.15) is 0 Å². The van der Waals surface area contributed by atoms with Gasteiger partial charge in [0.15, 0.2) is 0 Å². The van der Waals surface area contributed by atoms with E-state index in [-0.39, 0.29) is 0 Å². The number of aryl methyl sites for hydroxylation is 1. The summed E-state index contributed by atoms with van der Waals surface area (Å²) in [6, 6.07) is 6.73. The Balaban J connectivity index is 2.85. The van der Waals surface area contributed by atoms with E-state index in [9.17, 15) is 0 Å². The number of thioether (sulfide) groups is 1. The molecule has 84 valence electrons. The number of anilines is 2. The van der Waals surface area contributed by atoms with Gasteiger partial charge in [-0.05, 0) is 43.9 Å². The predicted octanol–water partition coefficient (Wildman–Crippen LogP) is 2.76. The number of rotatable bonds is 4. The summed E-state index contributed by atoms with van der Waals surface area (Å²) in [5.41, 5.74) is 9.10. The lowest BCUT2D eigenvalue weighted by molar-refractivity contribution is 0.765. The van der Waals surface area contributed by atoms with Crippen molar-refractivity contribution in [3.63, 3.8) is 0 Å². The molecule has 0 bridgehead atoms. The van der Waals surface area contributed by atoms with Crippen LogP contribution in [0, 0.1) is 6.92 Å². The number of nitrogen functional groups attached to an aromatic ring is 1. The first-order valence-corrected chi connectivity index (χ1v) is 6.53. The summed E-state index contributed by atoms with van der Waals surface area (Å²) in [6.07, 6.45) is 2.13. The van der Waals surface area contributed by atoms with Crippen molar-refractivity contribution in [2.75, 3.05) is 29.7 Å². The van der Waals surface area contributed by atoms with E-state index in [4.69, 9.17) is 5.73 Å². The van der Waals surface area contributed by atoms with Gasteiger partial charge in [0, 0.05) is 30.2 Å². The summed E-state index contributed by atoms with van der Waals surface area (Å²) in [5.74, 6) is 1.13. The van der Waals surface area contributed by atoms with Gasteiger partial charge in [-0.2, -0.15) is 11.8 Å². The van der Waals surface area contributed by atoms with Crippen LogP contribution in [-0.4, -0.2) is 25.1 Å². The van der Waals surface area contributed by atoms with Crippen molar-refractivity contribution in [2.24, 2.45) is 0 Å². The molecule has 2 N–H and O–H groups in total. The van der Waals surface area contributed by atoms with E-state index in [0.717, 1.165) is 11.4 Å². The van der Waals surface area contributed by atoms with Crippen LogP contribution in [0.2, 0.25) is 0 Å². The average molecular weight is 224 g/mol. The van der Waals surface area contributed by atoms with Crippen LogP contribution in [0.4, 0.5) is 11.4 Å². The highest BCUT2D eigenvalue weighted by Gasteiger charge is 2.09. The van der Waals surface area contributed by atoms with Crippen LogP contribution in [-0.2, 0) is 0 Å². The molecule has 0 saturated heterocycles. The summed E-state index contributed by atoms with van der Waals surface area (Å²) in [5, 5.41) is 0. The van der Waals surface area contributed by atoms with Crippen molar-refractivity contribution >= 4 is 23.1 Å². The second-order valence-electron chi connectivity index (χ2n) is 4.02. The molecule has 1 rings (SSSR count). The number of nitrogens with zero attached hydrogens (tertiary/aromatic N) is 1. The van der Waals surface area contributed by atoms with E-state index in [1.807, 2.05) is 23.9 Å². The molecule has 1 aromatic rings. The molecule has 1 aromatic carbocycles. The lowest BCUT2D eigenvalue weighted by Crippen LogP contribution is -2.30. The maximum absolute atomic E-state index is 5.84. The first-order chi connectivity index (χ1) is 7.04. The summed E-state index contributed by atoms with van der Waals surface area (Å²) in [7, 11) is 2.12. The fourth-order valence-corrected chi connectivity index (χ4v) is 2.31. The third-order valence-electron chi connectivity index (χ3n) is 2.56. The normalized spacial score (nSPS) is 12.5.